The van der Waals surface area contributed by atoms with E-state index in [0.29, 0.717) is 24.2 Å². The van der Waals surface area contributed by atoms with E-state index in [0.717, 1.165) is 21.8 Å². The van der Waals surface area contributed by atoms with Crippen molar-refractivity contribution < 1.29 is 0 Å². The van der Waals surface area contributed by atoms with Crippen LogP contribution in [0.1, 0.15) is 89.9 Å². The van der Waals surface area contributed by atoms with Gasteiger partial charge in [0.15, 0.2) is 0 Å². The summed E-state index contributed by atoms with van der Waals surface area (Å²) in [6.45, 7) is 2.25. The van der Waals surface area contributed by atoms with Gasteiger partial charge in [-0.2, -0.15) is 0 Å². The van der Waals surface area contributed by atoms with E-state index in [4.69, 9.17) is 0 Å². The minimum Gasteiger partial charge on any atom is -0.357 e. The van der Waals surface area contributed by atoms with Crippen LogP contribution in [0.2, 0.25) is 0 Å². The van der Waals surface area contributed by atoms with Crippen LogP contribution in [0.3, 0.4) is 0 Å². The SMILES string of the molecule is Brc1ccc2[nH]c3c(c2c1)CCC[C@H]3NC1Cc2ccccc2C1.C[C@@H](N[C@@H]1CCCc2c1[nH]c1ccc(Br)cc21)c1ccccc1. The first-order valence-corrected chi connectivity index (χ1v) is 18.8. The molecular formula is C41H42Br2N4. The quantitative estimate of drug-likeness (QED) is 0.142. The zero-order valence-electron chi connectivity index (χ0n) is 26.9. The van der Waals surface area contributed by atoms with Gasteiger partial charge in [-0.3, -0.25) is 0 Å². The number of hydrogen-bond acceptors (Lipinski definition) is 2. The summed E-state index contributed by atoms with van der Waals surface area (Å²) in [5.74, 6) is 0. The number of nitrogens with one attached hydrogen (secondary N) is 4. The Labute approximate surface area is 294 Å². The van der Waals surface area contributed by atoms with Crippen molar-refractivity contribution in [3.05, 3.63) is 139 Å². The monoisotopic (exact) mass is 748 g/mol. The van der Waals surface area contributed by atoms with Crippen LogP contribution in [0.15, 0.2) is 99.9 Å². The van der Waals surface area contributed by atoms with E-state index in [9.17, 15) is 0 Å². The molecule has 2 heterocycles. The number of aromatic nitrogens is 2. The Hall–Kier alpha value is -3.16. The molecule has 9 rings (SSSR count). The fraction of sp³-hybridized carbons (Fsp3) is 0.317. The van der Waals surface area contributed by atoms with Crippen LogP contribution in [-0.4, -0.2) is 16.0 Å². The molecule has 6 heteroatoms. The van der Waals surface area contributed by atoms with Crippen molar-refractivity contribution in [2.24, 2.45) is 0 Å². The third kappa shape index (κ3) is 6.38. The van der Waals surface area contributed by atoms with Gasteiger partial charge in [0, 0.05) is 66.3 Å². The second kappa shape index (κ2) is 13.4. The summed E-state index contributed by atoms with van der Waals surface area (Å²) in [7, 11) is 0. The summed E-state index contributed by atoms with van der Waals surface area (Å²) < 4.78 is 2.32. The fourth-order valence-corrected chi connectivity index (χ4v) is 9.03. The first kappa shape index (κ1) is 31.1. The number of aromatic amines is 2. The van der Waals surface area contributed by atoms with E-state index < -0.39 is 0 Å². The van der Waals surface area contributed by atoms with Gasteiger partial charge in [0.25, 0.3) is 0 Å². The van der Waals surface area contributed by atoms with Crippen LogP contribution in [0.25, 0.3) is 21.8 Å². The van der Waals surface area contributed by atoms with Gasteiger partial charge in [-0.05, 0) is 123 Å². The summed E-state index contributed by atoms with van der Waals surface area (Å²) in [5.41, 5.74) is 12.7. The Morgan fingerprint density at radius 2 is 1.19 bits per heavy atom. The maximum Gasteiger partial charge on any atom is 0.0480 e. The lowest BCUT2D eigenvalue weighted by atomic mass is 9.91. The van der Waals surface area contributed by atoms with Gasteiger partial charge in [-0.1, -0.05) is 86.5 Å². The van der Waals surface area contributed by atoms with E-state index in [1.165, 1.54) is 99.5 Å². The molecule has 0 amide bonds. The molecule has 0 unspecified atom stereocenters. The Bertz CT molecular complexity index is 2000. The van der Waals surface area contributed by atoms with Crippen molar-refractivity contribution in [2.45, 2.75) is 82.5 Å². The van der Waals surface area contributed by atoms with Crippen molar-refractivity contribution in [2.75, 3.05) is 0 Å². The highest BCUT2D eigenvalue weighted by Gasteiger charge is 2.29. The van der Waals surface area contributed by atoms with Crippen molar-refractivity contribution >= 4 is 53.7 Å². The second-order valence-electron chi connectivity index (χ2n) is 13.6. The molecule has 0 spiro atoms. The Morgan fingerprint density at radius 1 is 0.660 bits per heavy atom. The third-order valence-electron chi connectivity index (χ3n) is 10.6. The number of halogens is 2. The van der Waals surface area contributed by atoms with E-state index >= 15 is 0 Å². The molecular weight excluding hydrogens is 708 g/mol. The Morgan fingerprint density at radius 3 is 1.79 bits per heavy atom. The maximum absolute atomic E-state index is 3.95. The Kier molecular flexibility index (Phi) is 8.87. The molecule has 0 radical (unpaired) electrons. The largest absolute Gasteiger partial charge is 0.357 e. The topological polar surface area (TPSA) is 55.6 Å². The zero-order valence-corrected chi connectivity index (χ0v) is 30.1. The highest BCUT2D eigenvalue weighted by molar-refractivity contribution is 9.10. The molecule has 2 aromatic heterocycles. The average Bonchev–Trinajstić information content (AvgIpc) is 3.79. The molecule has 47 heavy (non-hydrogen) atoms. The lowest BCUT2D eigenvalue weighted by Gasteiger charge is -2.27. The van der Waals surface area contributed by atoms with Crippen LogP contribution in [-0.2, 0) is 25.7 Å². The van der Waals surface area contributed by atoms with E-state index in [1.807, 2.05) is 0 Å². The van der Waals surface area contributed by atoms with Gasteiger partial charge in [0.1, 0.15) is 0 Å². The lowest BCUT2D eigenvalue weighted by Crippen LogP contribution is -2.35. The summed E-state index contributed by atoms with van der Waals surface area (Å²) >= 11 is 7.22. The molecule has 3 atom stereocenters. The fourth-order valence-electron chi connectivity index (χ4n) is 8.30. The molecule has 3 aliphatic rings. The zero-order chi connectivity index (χ0) is 31.9. The standard InChI is InChI=1S/C21H21BrN2.C20H21BrN2/c22-15-8-9-19-18(12-15)17-6-3-7-20(21(17)24-19)23-16-10-13-4-1-2-5-14(13)11-16;1-13(14-6-3-2-4-7-14)22-19-9-5-8-16-17-12-15(21)10-11-18(17)23-20(16)19/h1-2,4-5,8-9,12,16,20,23-24H,3,6-7,10-11H2;2-4,6-7,10-13,19,22-23H,5,8-9H2,1H3/t20-;13-,19-/m11/s1. The summed E-state index contributed by atoms with van der Waals surface area (Å²) in [6.07, 6.45) is 9.61. The van der Waals surface area contributed by atoms with Crippen LogP contribution < -0.4 is 10.6 Å². The predicted octanol–water partition coefficient (Wildman–Crippen LogP) is 10.7. The molecule has 4 N–H and O–H groups in total. The molecule has 0 aliphatic heterocycles. The van der Waals surface area contributed by atoms with Gasteiger partial charge in [-0.25, -0.2) is 0 Å². The average molecular weight is 751 g/mol. The van der Waals surface area contributed by atoms with Crippen LogP contribution in [0.5, 0.6) is 0 Å². The van der Waals surface area contributed by atoms with Gasteiger partial charge in [-0.15, -0.1) is 0 Å². The number of rotatable bonds is 5. The summed E-state index contributed by atoms with van der Waals surface area (Å²) in [4.78, 5) is 7.37. The van der Waals surface area contributed by atoms with Crippen molar-refractivity contribution in [1.82, 2.24) is 20.6 Å². The minimum atomic E-state index is 0.352. The van der Waals surface area contributed by atoms with Gasteiger partial charge in [0.2, 0.25) is 0 Å². The lowest BCUT2D eigenvalue weighted by molar-refractivity contribution is 0.396. The smallest absolute Gasteiger partial charge is 0.0480 e. The van der Waals surface area contributed by atoms with Gasteiger partial charge in [0.05, 0.1) is 0 Å². The highest BCUT2D eigenvalue weighted by Crippen LogP contribution is 2.38. The molecule has 0 saturated heterocycles. The first-order chi connectivity index (χ1) is 23.0. The highest BCUT2D eigenvalue weighted by atomic mass is 79.9. The predicted molar refractivity (Wildman–Crippen MR) is 202 cm³/mol. The first-order valence-electron chi connectivity index (χ1n) is 17.2. The minimum absolute atomic E-state index is 0.352. The molecule has 3 aliphatic carbocycles. The Balaban J connectivity index is 0.000000138. The number of H-pyrrole nitrogens is 2. The summed E-state index contributed by atoms with van der Waals surface area (Å²) in [6, 6.07) is 34.5. The van der Waals surface area contributed by atoms with E-state index in [2.05, 4.69) is 150 Å². The molecule has 240 valence electrons. The molecule has 0 bridgehead atoms. The number of hydrogen-bond donors (Lipinski definition) is 4. The normalized spacial score (nSPS) is 19.6. The van der Waals surface area contributed by atoms with E-state index in [1.54, 1.807) is 0 Å². The van der Waals surface area contributed by atoms with Crippen LogP contribution >= 0.6 is 31.9 Å². The molecule has 4 aromatic carbocycles. The van der Waals surface area contributed by atoms with E-state index in [-0.39, 0.29) is 0 Å². The summed E-state index contributed by atoms with van der Waals surface area (Å²) in [5, 5.41) is 10.5. The van der Waals surface area contributed by atoms with Gasteiger partial charge >= 0.3 is 0 Å². The van der Waals surface area contributed by atoms with Crippen LogP contribution in [0, 0.1) is 0 Å². The van der Waals surface area contributed by atoms with Crippen molar-refractivity contribution in [3.63, 3.8) is 0 Å². The number of aryl methyl sites for hydroxylation is 2. The number of fused-ring (bicyclic) bond motifs is 7. The van der Waals surface area contributed by atoms with Crippen molar-refractivity contribution in [1.29, 1.82) is 0 Å². The third-order valence-corrected chi connectivity index (χ3v) is 11.6. The van der Waals surface area contributed by atoms with Crippen LogP contribution in [0.4, 0.5) is 0 Å². The maximum atomic E-state index is 3.95. The van der Waals surface area contributed by atoms with Crippen molar-refractivity contribution in [3.8, 4) is 0 Å². The molecule has 6 aromatic rings. The number of benzene rings is 4. The second-order valence-corrected chi connectivity index (χ2v) is 15.5. The molecule has 0 fully saturated rings. The molecule has 4 nitrogen and oxygen atoms in total. The molecule has 0 saturated carbocycles. The van der Waals surface area contributed by atoms with Gasteiger partial charge < -0.3 is 20.6 Å².